The second kappa shape index (κ2) is 12.0. The lowest BCUT2D eigenvalue weighted by atomic mass is 10.4. The molecule has 0 fully saturated rings. The van der Waals surface area contributed by atoms with Crippen molar-refractivity contribution in [2.75, 3.05) is 39.0 Å². The molecule has 0 amide bonds. The summed E-state index contributed by atoms with van der Waals surface area (Å²) in [5.74, 6) is 0. The van der Waals surface area contributed by atoms with Crippen LogP contribution in [0.2, 0.25) is 0 Å². The summed E-state index contributed by atoms with van der Waals surface area (Å²) in [5, 5.41) is 1.54. The van der Waals surface area contributed by atoms with Gasteiger partial charge in [-0.05, 0) is 26.9 Å². The number of rotatable bonds is 13. The van der Waals surface area contributed by atoms with E-state index in [1.807, 2.05) is 60.7 Å². The van der Waals surface area contributed by atoms with Crippen molar-refractivity contribution in [3.63, 3.8) is 0 Å². The third-order valence-corrected chi connectivity index (χ3v) is 11.2. The Morgan fingerprint density at radius 3 is 1.57 bits per heavy atom. The Balaban J connectivity index is 2.63. The van der Waals surface area contributed by atoms with Crippen molar-refractivity contribution in [3.05, 3.63) is 60.7 Å². The summed E-state index contributed by atoms with van der Waals surface area (Å²) in [7, 11) is -6.52. The maximum Gasteiger partial charge on any atom is 0.331 e. The van der Waals surface area contributed by atoms with Crippen LogP contribution in [-0.2, 0) is 18.2 Å². The van der Waals surface area contributed by atoms with Gasteiger partial charge in [-0.3, -0.25) is 4.57 Å². The Bertz CT molecular complexity index is 787. The van der Waals surface area contributed by atoms with Gasteiger partial charge >= 0.3 is 7.60 Å². The summed E-state index contributed by atoms with van der Waals surface area (Å²) in [4.78, 5) is 2.23. The first kappa shape index (κ1) is 25.0. The zero-order chi connectivity index (χ0) is 22.0. The van der Waals surface area contributed by atoms with Crippen molar-refractivity contribution in [2.45, 2.75) is 33.4 Å². The summed E-state index contributed by atoms with van der Waals surface area (Å²) in [6, 6.07) is 19.1. The first-order chi connectivity index (χ1) is 14.4. The van der Waals surface area contributed by atoms with E-state index in [0.29, 0.717) is 6.54 Å². The molecule has 0 aliphatic rings. The van der Waals surface area contributed by atoms with Gasteiger partial charge in [0.1, 0.15) is 7.14 Å². The summed E-state index contributed by atoms with van der Waals surface area (Å²) in [6.45, 7) is 10.6. The molecule has 0 aliphatic carbocycles. The highest BCUT2D eigenvalue weighted by molar-refractivity contribution is 7.80. The molecule has 0 aromatic heterocycles. The Morgan fingerprint density at radius 2 is 1.20 bits per heavy atom. The van der Waals surface area contributed by atoms with Gasteiger partial charge in [-0.1, -0.05) is 74.5 Å². The smallest absolute Gasteiger partial charge is 0.313 e. The lowest BCUT2D eigenvalue weighted by Gasteiger charge is -2.34. The molecule has 1 unspecified atom stereocenters. The predicted molar refractivity (Wildman–Crippen MR) is 127 cm³/mol. The van der Waals surface area contributed by atoms with Crippen molar-refractivity contribution in [3.8, 4) is 0 Å². The van der Waals surface area contributed by atoms with E-state index in [2.05, 4.69) is 18.7 Å². The molecule has 2 aromatic carbocycles. The molecular formula is C23H35NO4P2. The fraction of sp³-hybridized carbons (Fsp3) is 0.478. The summed E-state index contributed by atoms with van der Waals surface area (Å²) >= 11 is 0. The molecule has 0 aliphatic heterocycles. The normalized spacial score (nSPS) is 13.5. The molecule has 1 atom stereocenters. The van der Waals surface area contributed by atoms with Gasteiger partial charge < -0.3 is 18.5 Å². The van der Waals surface area contributed by atoms with Crippen LogP contribution in [0.25, 0.3) is 0 Å². The van der Waals surface area contributed by atoms with E-state index in [1.165, 1.54) is 0 Å². The molecule has 166 valence electrons. The van der Waals surface area contributed by atoms with Gasteiger partial charge in [0.15, 0.2) is 0 Å². The maximum atomic E-state index is 14.9. The Kier molecular flexibility index (Phi) is 10.0. The molecule has 2 rings (SSSR count). The van der Waals surface area contributed by atoms with Gasteiger partial charge in [0.25, 0.3) is 0 Å². The van der Waals surface area contributed by atoms with E-state index in [1.54, 1.807) is 13.8 Å². The maximum absolute atomic E-state index is 14.9. The largest absolute Gasteiger partial charge is 0.331 e. The Hall–Kier alpha value is -1.22. The highest BCUT2D eigenvalue weighted by Crippen LogP contribution is 2.57. The van der Waals surface area contributed by atoms with Gasteiger partial charge in [0, 0.05) is 22.8 Å². The summed E-state index contributed by atoms with van der Waals surface area (Å²) < 4.78 is 39.6. The van der Waals surface area contributed by atoms with Crippen LogP contribution in [0, 0.1) is 0 Å². The third kappa shape index (κ3) is 6.15. The average molecular weight is 451 g/mol. The molecule has 0 spiro atoms. The topological polar surface area (TPSA) is 55.8 Å². The van der Waals surface area contributed by atoms with Gasteiger partial charge in [0.05, 0.1) is 19.4 Å². The van der Waals surface area contributed by atoms with E-state index in [-0.39, 0.29) is 19.4 Å². The summed E-state index contributed by atoms with van der Waals surface area (Å²) in [6.07, 6.45) is 0.117. The molecule has 0 saturated heterocycles. The number of nitrogens with zero attached hydrogens (tertiary/aromatic N) is 1. The minimum Gasteiger partial charge on any atom is -0.313 e. The van der Waals surface area contributed by atoms with E-state index in [0.717, 1.165) is 23.7 Å². The van der Waals surface area contributed by atoms with Crippen molar-refractivity contribution in [1.29, 1.82) is 0 Å². The van der Waals surface area contributed by atoms with Crippen LogP contribution in [0.4, 0.5) is 0 Å². The first-order valence-corrected chi connectivity index (χ1v) is 14.2. The highest BCUT2D eigenvalue weighted by atomic mass is 31.2. The monoisotopic (exact) mass is 451 g/mol. The number of hydrogen-bond donors (Lipinski definition) is 0. The standard InChI is InChI=1S/C23H35NO4P2/c1-5-24(6-2)19-23(20-29(25,27-7-3)28-8-4)30(26,21-15-11-9-12-16-21)22-17-13-10-14-18-22/h9-18,23H,5-8,19-20H2,1-4H3. The zero-order valence-corrected chi connectivity index (χ0v) is 20.4. The van der Waals surface area contributed by atoms with Crippen LogP contribution in [-0.4, -0.2) is 49.6 Å². The van der Waals surface area contributed by atoms with Gasteiger partial charge in [-0.15, -0.1) is 0 Å². The third-order valence-electron chi connectivity index (χ3n) is 5.24. The Labute approximate surface area is 181 Å². The van der Waals surface area contributed by atoms with Crippen molar-refractivity contribution >= 4 is 25.3 Å². The molecule has 0 N–H and O–H groups in total. The highest BCUT2D eigenvalue weighted by Gasteiger charge is 2.42. The van der Waals surface area contributed by atoms with Crippen molar-refractivity contribution < 1.29 is 18.2 Å². The first-order valence-electron chi connectivity index (χ1n) is 10.7. The molecule has 0 saturated carbocycles. The SMILES string of the molecule is CCOP(=O)(CC(CN(CC)CC)P(=O)(c1ccccc1)c1ccccc1)OCC. The van der Waals surface area contributed by atoms with E-state index >= 15 is 0 Å². The molecule has 30 heavy (non-hydrogen) atoms. The number of benzene rings is 2. The lowest BCUT2D eigenvalue weighted by Crippen LogP contribution is -2.39. The predicted octanol–water partition coefficient (Wildman–Crippen LogP) is 4.98. The second-order valence-corrected chi connectivity index (χ2v) is 12.3. The van der Waals surface area contributed by atoms with Crippen molar-refractivity contribution in [1.82, 2.24) is 4.90 Å². The van der Waals surface area contributed by atoms with Crippen molar-refractivity contribution in [2.24, 2.45) is 0 Å². The van der Waals surface area contributed by atoms with Gasteiger partial charge in [0.2, 0.25) is 0 Å². The molecule has 0 bridgehead atoms. The van der Waals surface area contributed by atoms with E-state index < -0.39 is 20.4 Å². The summed E-state index contributed by atoms with van der Waals surface area (Å²) in [5.41, 5.74) is -0.397. The van der Waals surface area contributed by atoms with Crippen LogP contribution in [0.15, 0.2) is 60.7 Å². The molecule has 0 heterocycles. The lowest BCUT2D eigenvalue weighted by molar-refractivity contribution is 0.217. The van der Waals surface area contributed by atoms with Gasteiger partial charge in [-0.2, -0.15) is 0 Å². The minimum absolute atomic E-state index is 0.117. The quantitative estimate of drug-likeness (QED) is 0.402. The fourth-order valence-corrected chi connectivity index (χ4v) is 9.79. The van der Waals surface area contributed by atoms with Crippen LogP contribution in [0.1, 0.15) is 27.7 Å². The van der Waals surface area contributed by atoms with Crippen LogP contribution in [0.5, 0.6) is 0 Å². The van der Waals surface area contributed by atoms with Crippen LogP contribution < -0.4 is 10.6 Å². The Morgan fingerprint density at radius 1 is 0.767 bits per heavy atom. The average Bonchev–Trinajstić information content (AvgIpc) is 2.77. The molecule has 2 aromatic rings. The van der Waals surface area contributed by atoms with Crippen LogP contribution >= 0.6 is 14.7 Å². The minimum atomic E-state index is -3.39. The van der Waals surface area contributed by atoms with E-state index in [9.17, 15) is 9.13 Å². The molecule has 7 heteroatoms. The van der Waals surface area contributed by atoms with Crippen LogP contribution in [0.3, 0.4) is 0 Å². The molecule has 5 nitrogen and oxygen atoms in total. The fourth-order valence-electron chi connectivity index (χ4n) is 3.73. The second-order valence-electron chi connectivity index (χ2n) is 7.10. The molecule has 0 radical (unpaired) electrons. The number of hydrogen-bond acceptors (Lipinski definition) is 5. The molecular weight excluding hydrogens is 416 g/mol. The zero-order valence-electron chi connectivity index (χ0n) is 18.6. The van der Waals surface area contributed by atoms with E-state index in [4.69, 9.17) is 9.05 Å². The van der Waals surface area contributed by atoms with Gasteiger partial charge in [-0.25, -0.2) is 0 Å².